The van der Waals surface area contributed by atoms with E-state index in [1.54, 1.807) is 0 Å². The highest BCUT2D eigenvalue weighted by Crippen LogP contribution is 2.37. The molecule has 1 aliphatic carbocycles. The van der Waals surface area contributed by atoms with E-state index in [1.807, 2.05) is 0 Å². The minimum atomic E-state index is 0.716. The van der Waals surface area contributed by atoms with Crippen molar-refractivity contribution >= 4 is 0 Å². The van der Waals surface area contributed by atoms with E-state index in [9.17, 15) is 0 Å². The average molecular weight is 244 g/mol. The van der Waals surface area contributed by atoms with Crippen molar-refractivity contribution in [3.63, 3.8) is 0 Å². The Morgan fingerprint density at radius 1 is 1.11 bits per heavy atom. The second-order valence-corrected chi connectivity index (χ2v) is 5.96. The zero-order chi connectivity index (χ0) is 12.4. The molecule has 2 heteroatoms. The number of hydrogen-bond acceptors (Lipinski definition) is 2. The van der Waals surface area contributed by atoms with Crippen LogP contribution in [0.4, 0.5) is 0 Å². The van der Waals surface area contributed by atoms with E-state index in [-0.39, 0.29) is 0 Å². The molecule has 0 unspecified atom stereocenters. The molecular weight excluding hydrogens is 220 g/mol. The first-order valence-corrected chi connectivity index (χ1v) is 7.39. The molecule has 1 saturated heterocycles. The van der Waals surface area contributed by atoms with Gasteiger partial charge >= 0.3 is 0 Å². The van der Waals surface area contributed by atoms with Gasteiger partial charge in [0.25, 0.3) is 0 Å². The summed E-state index contributed by atoms with van der Waals surface area (Å²) in [7, 11) is 0. The number of nitrogens with zero attached hydrogens (tertiary/aromatic N) is 1. The first-order valence-electron chi connectivity index (χ1n) is 7.39. The Morgan fingerprint density at radius 2 is 1.89 bits per heavy atom. The summed E-state index contributed by atoms with van der Waals surface area (Å²) < 4.78 is 0. The zero-order valence-corrected chi connectivity index (χ0v) is 11.4. The van der Waals surface area contributed by atoms with E-state index in [2.05, 4.69) is 41.6 Å². The number of benzene rings is 1. The van der Waals surface area contributed by atoms with E-state index in [0.717, 1.165) is 5.92 Å². The molecule has 2 fully saturated rings. The second kappa shape index (κ2) is 5.41. The third-order valence-electron chi connectivity index (χ3n) is 4.37. The molecule has 3 rings (SSSR count). The molecule has 1 heterocycles. The van der Waals surface area contributed by atoms with Gasteiger partial charge < -0.3 is 0 Å². The Hall–Kier alpha value is -0.860. The number of rotatable bonds is 3. The van der Waals surface area contributed by atoms with Crippen LogP contribution >= 0.6 is 0 Å². The fraction of sp³-hybridized carbons (Fsp3) is 0.625. The summed E-state index contributed by atoms with van der Waals surface area (Å²) >= 11 is 0. The Bertz CT molecular complexity index is 390. The topological polar surface area (TPSA) is 15.3 Å². The first-order chi connectivity index (χ1) is 8.81. The van der Waals surface area contributed by atoms with Gasteiger partial charge in [0.1, 0.15) is 0 Å². The molecule has 1 saturated carbocycles. The van der Waals surface area contributed by atoms with Crippen LogP contribution in [0.2, 0.25) is 0 Å². The largest absolute Gasteiger partial charge is 0.252 e. The van der Waals surface area contributed by atoms with Crippen LogP contribution in [0.15, 0.2) is 24.3 Å². The van der Waals surface area contributed by atoms with Gasteiger partial charge in [-0.3, -0.25) is 5.43 Å². The molecule has 1 aliphatic heterocycles. The monoisotopic (exact) mass is 244 g/mol. The Kier molecular flexibility index (Phi) is 3.67. The zero-order valence-electron chi connectivity index (χ0n) is 11.4. The smallest absolute Gasteiger partial charge is 0.0226 e. The molecule has 2 nitrogen and oxygen atoms in total. The predicted octanol–water partition coefficient (Wildman–Crippen LogP) is 3.23. The summed E-state index contributed by atoms with van der Waals surface area (Å²) in [4.78, 5) is 0. The van der Waals surface area contributed by atoms with Gasteiger partial charge in [-0.25, -0.2) is 5.01 Å². The van der Waals surface area contributed by atoms with Gasteiger partial charge in [0, 0.05) is 19.1 Å². The van der Waals surface area contributed by atoms with Crippen LogP contribution in [0, 0.1) is 6.92 Å². The highest BCUT2D eigenvalue weighted by molar-refractivity contribution is 5.27. The summed E-state index contributed by atoms with van der Waals surface area (Å²) in [6.45, 7) is 4.67. The van der Waals surface area contributed by atoms with Gasteiger partial charge in [0.2, 0.25) is 0 Å². The first kappa shape index (κ1) is 12.2. The van der Waals surface area contributed by atoms with Crippen molar-refractivity contribution in [2.75, 3.05) is 13.1 Å². The highest BCUT2D eigenvalue weighted by Gasteiger charge is 2.31. The minimum Gasteiger partial charge on any atom is -0.252 e. The number of nitrogens with one attached hydrogen (secondary N) is 1. The maximum atomic E-state index is 3.70. The van der Waals surface area contributed by atoms with E-state index in [0.29, 0.717) is 6.04 Å². The average Bonchev–Trinajstić information content (AvgIpc) is 2.34. The molecule has 0 spiro atoms. The van der Waals surface area contributed by atoms with Crippen LogP contribution in [0.5, 0.6) is 0 Å². The summed E-state index contributed by atoms with van der Waals surface area (Å²) in [5.74, 6) is 0.784. The van der Waals surface area contributed by atoms with Crippen molar-refractivity contribution in [1.29, 1.82) is 0 Å². The third-order valence-corrected chi connectivity index (χ3v) is 4.37. The predicted molar refractivity (Wildman–Crippen MR) is 75.5 cm³/mol. The molecule has 0 aromatic heterocycles. The standard InChI is InChI=1S/C16H24N2/c1-13-6-5-7-14(10-13)15-11-16(12-15)17-18-8-3-2-4-9-18/h5-7,10,15-17H,2-4,8-9,11-12H2,1H3. The van der Waals surface area contributed by atoms with Crippen LogP contribution in [-0.4, -0.2) is 24.1 Å². The number of hydrogen-bond donors (Lipinski definition) is 1. The fourth-order valence-corrected chi connectivity index (χ4v) is 3.20. The molecule has 1 aromatic carbocycles. The van der Waals surface area contributed by atoms with Crippen LogP contribution < -0.4 is 5.43 Å². The molecular formula is C16H24N2. The molecule has 0 bridgehead atoms. The lowest BCUT2D eigenvalue weighted by Crippen LogP contribution is -2.51. The lowest BCUT2D eigenvalue weighted by atomic mass is 9.76. The van der Waals surface area contributed by atoms with Gasteiger partial charge in [-0.15, -0.1) is 0 Å². The Balaban J connectivity index is 1.48. The molecule has 18 heavy (non-hydrogen) atoms. The Labute approximate surface area is 110 Å². The van der Waals surface area contributed by atoms with Crippen LogP contribution in [0.25, 0.3) is 0 Å². The quantitative estimate of drug-likeness (QED) is 0.878. The SMILES string of the molecule is Cc1cccc(C2CC(NN3CCCCC3)C2)c1. The van der Waals surface area contributed by atoms with E-state index >= 15 is 0 Å². The van der Waals surface area contributed by atoms with Crippen LogP contribution in [-0.2, 0) is 0 Å². The Morgan fingerprint density at radius 3 is 2.61 bits per heavy atom. The van der Waals surface area contributed by atoms with Gasteiger partial charge in [-0.05, 0) is 44.1 Å². The summed E-state index contributed by atoms with van der Waals surface area (Å²) in [5.41, 5.74) is 6.63. The summed E-state index contributed by atoms with van der Waals surface area (Å²) in [6.07, 6.45) is 6.75. The lowest BCUT2D eigenvalue weighted by Gasteiger charge is -2.41. The van der Waals surface area contributed by atoms with Gasteiger partial charge in [0.15, 0.2) is 0 Å². The second-order valence-electron chi connectivity index (χ2n) is 5.96. The maximum absolute atomic E-state index is 3.70. The summed E-state index contributed by atoms with van der Waals surface area (Å²) in [5, 5.41) is 2.45. The van der Waals surface area contributed by atoms with Crippen molar-refractivity contribution in [3.8, 4) is 0 Å². The normalized spacial score (nSPS) is 28.9. The minimum absolute atomic E-state index is 0.716. The fourth-order valence-electron chi connectivity index (χ4n) is 3.20. The molecule has 98 valence electrons. The van der Waals surface area contributed by atoms with Crippen molar-refractivity contribution in [3.05, 3.63) is 35.4 Å². The number of piperidine rings is 1. The number of hydrazine groups is 1. The molecule has 0 radical (unpaired) electrons. The molecule has 2 aliphatic rings. The van der Waals surface area contributed by atoms with Crippen molar-refractivity contribution in [2.45, 2.75) is 51.0 Å². The van der Waals surface area contributed by atoms with E-state index in [4.69, 9.17) is 0 Å². The van der Waals surface area contributed by atoms with Crippen molar-refractivity contribution in [2.24, 2.45) is 0 Å². The van der Waals surface area contributed by atoms with Crippen molar-refractivity contribution in [1.82, 2.24) is 10.4 Å². The van der Waals surface area contributed by atoms with E-state index in [1.165, 1.54) is 56.3 Å². The van der Waals surface area contributed by atoms with Crippen molar-refractivity contribution < 1.29 is 0 Å². The molecule has 1 aromatic rings. The van der Waals surface area contributed by atoms with Gasteiger partial charge in [0.05, 0.1) is 0 Å². The number of aryl methyl sites for hydroxylation is 1. The van der Waals surface area contributed by atoms with Crippen LogP contribution in [0.1, 0.15) is 49.1 Å². The van der Waals surface area contributed by atoms with E-state index < -0.39 is 0 Å². The molecule has 1 N–H and O–H groups in total. The summed E-state index contributed by atoms with van der Waals surface area (Å²) in [6, 6.07) is 9.73. The van der Waals surface area contributed by atoms with Gasteiger partial charge in [-0.2, -0.15) is 0 Å². The van der Waals surface area contributed by atoms with Gasteiger partial charge in [-0.1, -0.05) is 36.2 Å². The molecule has 0 atom stereocenters. The highest BCUT2D eigenvalue weighted by atomic mass is 15.5. The maximum Gasteiger partial charge on any atom is 0.0226 e. The molecule has 0 amide bonds. The van der Waals surface area contributed by atoms with Crippen LogP contribution in [0.3, 0.4) is 0 Å². The lowest BCUT2D eigenvalue weighted by molar-refractivity contribution is 0.0917. The third kappa shape index (κ3) is 2.76.